The lowest BCUT2D eigenvalue weighted by Crippen LogP contribution is -2.32. The van der Waals surface area contributed by atoms with Crippen molar-refractivity contribution in [1.29, 1.82) is 0 Å². The van der Waals surface area contributed by atoms with Crippen LogP contribution in [0, 0.1) is 5.92 Å². The fraction of sp³-hybridized carbons (Fsp3) is 0.368. The summed E-state index contributed by atoms with van der Waals surface area (Å²) in [7, 11) is 0. The Kier molecular flexibility index (Phi) is 4.99. The Morgan fingerprint density at radius 1 is 1.38 bits per heavy atom. The van der Waals surface area contributed by atoms with Gasteiger partial charge in [-0.05, 0) is 42.5 Å². The molecule has 126 valence electrons. The molecule has 3 rings (SSSR count). The number of aryl methyl sites for hydroxylation is 1. The predicted molar refractivity (Wildman–Crippen MR) is 94.5 cm³/mol. The van der Waals surface area contributed by atoms with Crippen molar-refractivity contribution < 1.29 is 9.53 Å². The van der Waals surface area contributed by atoms with Crippen molar-refractivity contribution >= 4 is 11.7 Å². The molecule has 0 radical (unpaired) electrons. The van der Waals surface area contributed by atoms with Crippen LogP contribution in [0.5, 0.6) is 11.6 Å². The summed E-state index contributed by atoms with van der Waals surface area (Å²) >= 11 is 0. The summed E-state index contributed by atoms with van der Waals surface area (Å²) in [6, 6.07) is 11.5. The third-order valence-corrected chi connectivity index (χ3v) is 4.23. The molecule has 0 saturated carbocycles. The molecule has 0 spiro atoms. The smallest absolute Gasteiger partial charge is 0.321 e. The lowest BCUT2D eigenvalue weighted by atomic mass is 10.2. The molecule has 5 heteroatoms. The minimum atomic E-state index is -0.0644. The van der Waals surface area contributed by atoms with Crippen molar-refractivity contribution in [2.45, 2.75) is 26.7 Å². The Morgan fingerprint density at radius 2 is 2.25 bits per heavy atom. The highest BCUT2D eigenvalue weighted by Gasteiger charge is 2.23. The Labute approximate surface area is 142 Å². The number of pyridine rings is 1. The van der Waals surface area contributed by atoms with Gasteiger partial charge in [-0.25, -0.2) is 9.78 Å². The topological polar surface area (TPSA) is 54.5 Å². The van der Waals surface area contributed by atoms with Crippen LogP contribution in [0.1, 0.15) is 25.8 Å². The number of likely N-dealkylation sites (tertiary alicyclic amines) is 1. The number of hydrogen-bond donors (Lipinski definition) is 1. The van der Waals surface area contributed by atoms with E-state index in [9.17, 15) is 4.79 Å². The van der Waals surface area contributed by atoms with E-state index in [-0.39, 0.29) is 6.03 Å². The SMILES string of the molecule is CCc1cccc(Oc2ccc(NC(=O)N3CCC(C)C3)cn2)c1. The minimum Gasteiger partial charge on any atom is -0.439 e. The molecule has 2 heterocycles. The van der Waals surface area contributed by atoms with Crippen LogP contribution in [0.15, 0.2) is 42.6 Å². The Hall–Kier alpha value is -2.56. The molecule has 2 amide bonds. The van der Waals surface area contributed by atoms with E-state index in [0.29, 0.717) is 17.5 Å². The summed E-state index contributed by atoms with van der Waals surface area (Å²) in [6.45, 7) is 5.90. The zero-order chi connectivity index (χ0) is 16.9. The number of amides is 2. The Bertz CT molecular complexity index is 700. The second-order valence-corrected chi connectivity index (χ2v) is 6.26. The van der Waals surface area contributed by atoms with E-state index in [0.717, 1.165) is 31.7 Å². The standard InChI is InChI=1S/C19H23N3O2/c1-3-15-5-4-6-17(11-15)24-18-8-7-16(12-20-18)21-19(23)22-10-9-14(2)13-22/h4-8,11-12,14H,3,9-10,13H2,1-2H3,(H,21,23). The van der Waals surface area contributed by atoms with E-state index in [1.807, 2.05) is 29.2 Å². The lowest BCUT2D eigenvalue weighted by Gasteiger charge is -2.16. The molecule has 1 atom stereocenters. The molecule has 1 aromatic heterocycles. The number of aromatic nitrogens is 1. The first kappa shape index (κ1) is 16.3. The molecule has 1 aromatic carbocycles. The van der Waals surface area contributed by atoms with Crippen LogP contribution in [-0.2, 0) is 6.42 Å². The van der Waals surface area contributed by atoms with E-state index in [1.165, 1.54) is 5.56 Å². The Balaban J connectivity index is 1.59. The van der Waals surface area contributed by atoms with Crippen molar-refractivity contribution in [3.8, 4) is 11.6 Å². The third kappa shape index (κ3) is 4.04. The molecule has 24 heavy (non-hydrogen) atoms. The number of nitrogens with one attached hydrogen (secondary N) is 1. The molecule has 5 nitrogen and oxygen atoms in total. The van der Waals surface area contributed by atoms with Crippen LogP contribution in [0.2, 0.25) is 0 Å². The van der Waals surface area contributed by atoms with Crippen molar-refractivity contribution in [1.82, 2.24) is 9.88 Å². The van der Waals surface area contributed by atoms with Gasteiger partial charge < -0.3 is 15.0 Å². The van der Waals surface area contributed by atoms with Gasteiger partial charge in [0.25, 0.3) is 0 Å². The number of carbonyl (C=O) groups is 1. The normalized spacial score (nSPS) is 16.9. The highest BCUT2D eigenvalue weighted by Crippen LogP contribution is 2.22. The largest absolute Gasteiger partial charge is 0.439 e. The van der Waals surface area contributed by atoms with Crippen LogP contribution in [-0.4, -0.2) is 29.0 Å². The first-order valence-corrected chi connectivity index (χ1v) is 8.43. The minimum absolute atomic E-state index is 0.0644. The average molecular weight is 325 g/mol. The third-order valence-electron chi connectivity index (χ3n) is 4.23. The number of benzene rings is 1. The number of rotatable bonds is 4. The van der Waals surface area contributed by atoms with Crippen LogP contribution in [0.4, 0.5) is 10.5 Å². The summed E-state index contributed by atoms with van der Waals surface area (Å²) in [5, 5.41) is 2.88. The number of hydrogen-bond acceptors (Lipinski definition) is 3. The maximum absolute atomic E-state index is 12.2. The zero-order valence-corrected chi connectivity index (χ0v) is 14.2. The first-order valence-electron chi connectivity index (χ1n) is 8.43. The van der Waals surface area contributed by atoms with Gasteiger partial charge in [0.2, 0.25) is 5.88 Å². The summed E-state index contributed by atoms with van der Waals surface area (Å²) in [5.74, 6) is 1.85. The fourth-order valence-corrected chi connectivity index (χ4v) is 2.79. The van der Waals surface area contributed by atoms with Gasteiger partial charge >= 0.3 is 6.03 Å². The van der Waals surface area contributed by atoms with Crippen LogP contribution < -0.4 is 10.1 Å². The van der Waals surface area contributed by atoms with Crippen molar-refractivity contribution in [2.75, 3.05) is 18.4 Å². The molecular formula is C19H23N3O2. The number of carbonyl (C=O) groups excluding carboxylic acids is 1. The summed E-state index contributed by atoms with van der Waals surface area (Å²) in [6.07, 6.45) is 3.65. The lowest BCUT2D eigenvalue weighted by molar-refractivity contribution is 0.221. The van der Waals surface area contributed by atoms with Crippen molar-refractivity contribution in [3.63, 3.8) is 0 Å². The van der Waals surface area contributed by atoms with Gasteiger partial charge in [-0.2, -0.15) is 0 Å². The average Bonchev–Trinajstić information content (AvgIpc) is 3.03. The first-order chi connectivity index (χ1) is 11.6. The fourth-order valence-electron chi connectivity index (χ4n) is 2.79. The van der Waals surface area contributed by atoms with Crippen LogP contribution >= 0.6 is 0 Å². The zero-order valence-electron chi connectivity index (χ0n) is 14.2. The molecule has 1 unspecified atom stereocenters. The molecule has 1 saturated heterocycles. The van der Waals surface area contributed by atoms with Gasteiger partial charge in [-0.3, -0.25) is 0 Å². The van der Waals surface area contributed by atoms with E-state index >= 15 is 0 Å². The van der Waals surface area contributed by atoms with Gasteiger partial charge in [0.1, 0.15) is 5.75 Å². The summed E-state index contributed by atoms with van der Waals surface area (Å²) in [5.41, 5.74) is 1.89. The number of anilines is 1. The van der Waals surface area contributed by atoms with Crippen molar-refractivity contribution in [2.24, 2.45) is 5.92 Å². The van der Waals surface area contributed by atoms with Gasteiger partial charge in [0.15, 0.2) is 0 Å². The quantitative estimate of drug-likeness (QED) is 0.911. The molecule has 2 aromatic rings. The molecule has 0 aliphatic carbocycles. The van der Waals surface area contributed by atoms with Crippen LogP contribution in [0.25, 0.3) is 0 Å². The molecule has 1 N–H and O–H groups in total. The molecular weight excluding hydrogens is 302 g/mol. The van der Waals surface area contributed by atoms with E-state index in [2.05, 4.69) is 30.2 Å². The highest BCUT2D eigenvalue weighted by atomic mass is 16.5. The Morgan fingerprint density at radius 3 is 2.92 bits per heavy atom. The van der Waals surface area contributed by atoms with E-state index in [4.69, 9.17) is 4.74 Å². The van der Waals surface area contributed by atoms with Gasteiger partial charge in [-0.15, -0.1) is 0 Å². The second-order valence-electron chi connectivity index (χ2n) is 6.26. The maximum atomic E-state index is 12.2. The number of ether oxygens (including phenoxy) is 1. The van der Waals surface area contributed by atoms with Crippen molar-refractivity contribution in [3.05, 3.63) is 48.2 Å². The number of nitrogens with zero attached hydrogens (tertiary/aromatic N) is 2. The van der Waals surface area contributed by atoms with E-state index in [1.54, 1.807) is 12.3 Å². The predicted octanol–water partition coefficient (Wildman–Crippen LogP) is 4.31. The number of urea groups is 1. The highest BCUT2D eigenvalue weighted by molar-refractivity contribution is 5.89. The van der Waals surface area contributed by atoms with Gasteiger partial charge in [-0.1, -0.05) is 26.0 Å². The second kappa shape index (κ2) is 7.34. The summed E-state index contributed by atoms with van der Waals surface area (Å²) in [4.78, 5) is 18.3. The van der Waals surface area contributed by atoms with E-state index < -0.39 is 0 Å². The maximum Gasteiger partial charge on any atom is 0.321 e. The molecule has 1 fully saturated rings. The molecule has 0 bridgehead atoms. The monoisotopic (exact) mass is 325 g/mol. The molecule has 1 aliphatic heterocycles. The van der Waals surface area contributed by atoms with Gasteiger partial charge in [0.05, 0.1) is 11.9 Å². The molecule has 1 aliphatic rings. The van der Waals surface area contributed by atoms with Crippen LogP contribution in [0.3, 0.4) is 0 Å². The summed E-state index contributed by atoms with van der Waals surface area (Å²) < 4.78 is 5.76. The van der Waals surface area contributed by atoms with Gasteiger partial charge in [0, 0.05) is 19.2 Å².